The van der Waals surface area contributed by atoms with Crippen molar-refractivity contribution in [2.45, 2.75) is 24.1 Å². The molecule has 2 aliphatic heterocycles. The summed E-state index contributed by atoms with van der Waals surface area (Å²) < 4.78 is 1.81. The number of hydrogen-bond acceptors (Lipinski definition) is 5. The van der Waals surface area contributed by atoms with Crippen LogP contribution in [0.5, 0.6) is 0 Å². The number of carbonyl (C=O) groups is 1. The van der Waals surface area contributed by atoms with Crippen molar-refractivity contribution in [1.29, 1.82) is 0 Å². The first-order chi connectivity index (χ1) is 12.1. The van der Waals surface area contributed by atoms with Crippen molar-refractivity contribution in [3.63, 3.8) is 0 Å². The van der Waals surface area contributed by atoms with E-state index in [9.17, 15) is 14.4 Å². The lowest BCUT2D eigenvalue weighted by Crippen LogP contribution is -2.22. The maximum atomic E-state index is 12.7. The second kappa shape index (κ2) is 6.80. The first kappa shape index (κ1) is 16.6. The molecule has 0 radical (unpaired) electrons. The van der Waals surface area contributed by atoms with Crippen LogP contribution in [0.15, 0.2) is 27.9 Å². The van der Waals surface area contributed by atoms with E-state index in [2.05, 4.69) is 15.4 Å². The molecule has 2 aromatic heterocycles. The summed E-state index contributed by atoms with van der Waals surface area (Å²) in [6, 6.07) is 3.61. The van der Waals surface area contributed by atoms with Crippen LogP contribution < -0.4 is 16.4 Å². The summed E-state index contributed by atoms with van der Waals surface area (Å²) in [5.41, 5.74) is 0.483. The molecule has 2 aliphatic rings. The highest BCUT2D eigenvalue weighted by Gasteiger charge is 2.33. The summed E-state index contributed by atoms with van der Waals surface area (Å²) >= 11 is 3.21. The van der Waals surface area contributed by atoms with Crippen LogP contribution in [0.4, 0.5) is 5.82 Å². The van der Waals surface area contributed by atoms with Crippen molar-refractivity contribution in [3.05, 3.63) is 50.2 Å². The van der Waals surface area contributed by atoms with Gasteiger partial charge in [0.1, 0.15) is 5.82 Å². The molecule has 3 N–H and O–H groups in total. The normalized spacial score (nSPS) is 21.4. The molecule has 0 spiro atoms. The van der Waals surface area contributed by atoms with Crippen LogP contribution in [-0.4, -0.2) is 37.9 Å². The summed E-state index contributed by atoms with van der Waals surface area (Å²) in [5.74, 6) is 2.63. The molecule has 0 bridgehead atoms. The zero-order valence-electron chi connectivity index (χ0n) is 13.4. The van der Waals surface area contributed by atoms with Crippen LogP contribution in [-0.2, 0) is 4.79 Å². The summed E-state index contributed by atoms with van der Waals surface area (Å²) in [4.78, 5) is 39.8. The molecular formula is C16H18N4O3S2. The Morgan fingerprint density at radius 3 is 2.68 bits per heavy atom. The summed E-state index contributed by atoms with van der Waals surface area (Å²) in [6.45, 7) is 0. The molecule has 1 fully saturated rings. The molecule has 0 saturated carbocycles. The van der Waals surface area contributed by atoms with E-state index in [1.807, 2.05) is 16.4 Å². The number of fused-ring (bicyclic) bond motifs is 1. The zero-order valence-corrected chi connectivity index (χ0v) is 15.0. The Balaban J connectivity index is 1.86. The van der Waals surface area contributed by atoms with E-state index < -0.39 is 5.25 Å². The van der Waals surface area contributed by atoms with Gasteiger partial charge in [0.05, 0.1) is 22.6 Å². The van der Waals surface area contributed by atoms with Gasteiger partial charge in [-0.3, -0.25) is 24.2 Å². The second-order valence-corrected chi connectivity index (χ2v) is 8.43. The molecule has 0 unspecified atom stereocenters. The van der Waals surface area contributed by atoms with E-state index in [4.69, 9.17) is 0 Å². The van der Waals surface area contributed by atoms with Crippen LogP contribution in [0.3, 0.4) is 0 Å². The van der Waals surface area contributed by atoms with Crippen LogP contribution in [0.1, 0.15) is 35.3 Å². The minimum atomic E-state index is -0.470. The molecular weight excluding hydrogens is 360 g/mol. The zero-order chi connectivity index (χ0) is 17.4. The largest absolute Gasteiger partial charge is 0.329 e. The lowest BCUT2D eigenvalue weighted by atomic mass is 10.1. The standard InChI is InChI=1S/C16H18N4O3S2/c21-11-8-25-13(10-2-1-5-17-15(10)22)12-14(18-11)20(19-16(12)23)9-3-6-24-7-4-9/h1-2,5,9,13H,3-4,6-8H2,(H,17,22)(H,18,21)(H,19,23)/t13-/m0/s1. The third kappa shape index (κ3) is 3.06. The fourth-order valence-corrected chi connectivity index (χ4v) is 5.57. The third-order valence-electron chi connectivity index (χ3n) is 4.55. The van der Waals surface area contributed by atoms with Gasteiger partial charge >= 0.3 is 0 Å². The second-order valence-electron chi connectivity index (χ2n) is 6.11. The van der Waals surface area contributed by atoms with Gasteiger partial charge in [0, 0.05) is 11.8 Å². The molecule has 7 nitrogen and oxygen atoms in total. The predicted molar refractivity (Wildman–Crippen MR) is 101 cm³/mol. The maximum absolute atomic E-state index is 12.7. The fourth-order valence-electron chi connectivity index (χ4n) is 3.35. The van der Waals surface area contributed by atoms with Crippen LogP contribution in [0.2, 0.25) is 0 Å². The van der Waals surface area contributed by atoms with Gasteiger partial charge in [-0.1, -0.05) is 6.07 Å². The minimum absolute atomic E-state index is 0.154. The minimum Gasteiger partial charge on any atom is -0.329 e. The average molecular weight is 378 g/mol. The number of hydrogen-bond donors (Lipinski definition) is 3. The van der Waals surface area contributed by atoms with E-state index in [1.54, 1.807) is 18.3 Å². The monoisotopic (exact) mass is 378 g/mol. The highest BCUT2D eigenvalue weighted by molar-refractivity contribution is 8.00. The Labute approximate surface area is 152 Å². The number of aromatic nitrogens is 3. The topological polar surface area (TPSA) is 99.8 Å². The molecule has 4 rings (SSSR count). The number of rotatable bonds is 2. The van der Waals surface area contributed by atoms with Crippen LogP contribution in [0, 0.1) is 0 Å². The smallest absolute Gasteiger partial charge is 0.270 e. The lowest BCUT2D eigenvalue weighted by Gasteiger charge is -2.24. The Morgan fingerprint density at radius 2 is 1.92 bits per heavy atom. The van der Waals surface area contributed by atoms with Gasteiger partial charge in [0.25, 0.3) is 11.1 Å². The molecule has 1 atom stereocenters. The summed E-state index contributed by atoms with van der Waals surface area (Å²) in [5, 5.41) is 5.31. The first-order valence-corrected chi connectivity index (χ1v) is 10.4. The average Bonchev–Trinajstić information content (AvgIpc) is 2.83. The molecule has 132 valence electrons. The van der Waals surface area contributed by atoms with E-state index in [0.29, 0.717) is 16.9 Å². The Bertz CT molecular complexity index is 911. The number of anilines is 1. The predicted octanol–water partition coefficient (Wildman–Crippen LogP) is 1.71. The molecule has 4 heterocycles. The van der Waals surface area contributed by atoms with Gasteiger partial charge in [0.15, 0.2) is 0 Å². The number of pyridine rings is 1. The van der Waals surface area contributed by atoms with E-state index >= 15 is 0 Å². The quantitative estimate of drug-likeness (QED) is 0.739. The van der Waals surface area contributed by atoms with Crippen LogP contribution >= 0.6 is 23.5 Å². The summed E-state index contributed by atoms with van der Waals surface area (Å²) in [7, 11) is 0. The molecule has 1 saturated heterocycles. The highest BCUT2D eigenvalue weighted by Crippen LogP contribution is 2.40. The van der Waals surface area contributed by atoms with Gasteiger partial charge in [-0.25, -0.2) is 0 Å². The summed E-state index contributed by atoms with van der Waals surface area (Å²) in [6.07, 6.45) is 3.45. The molecule has 9 heteroatoms. The molecule has 2 aromatic rings. The number of amides is 1. The van der Waals surface area contributed by atoms with Gasteiger partial charge < -0.3 is 10.3 Å². The number of aromatic amines is 2. The van der Waals surface area contributed by atoms with Crippen molar-refractivity contribution in [2.24, 2.45) is 0 Å². The van der Waals surface area contributed by atoms with E-state index in [-0.39, 0.29) is 28.8 Å². The van der Waals surface area contributed by atoms with Crippen molar-refractivity contribution >= 4 is 35.2 Å². The fraction of sp³-hybridized carbons (Fsp3) is 0.438. The van der Waals surface area contributed by atoms with Gasteiger partial charge in [-0.15, -0.1) is 11.8 Å². The van der Waals surface area contributed by atoms with Crippen molar-refractivity contribution < 1.29 is 4.79 Å². The van der Waals surface area contributed by atoms with Gasteiger partial charge in [-0.2, -0.15) is 11.8 Å². The molecule has 0 aromatic carbocycles. The van der Waals surface area contributed by atoms with Gasteiger partial charge in [-0.05, 0) is 30.4 Å². The highest BCUT2D eigenvalue weighted by atomic mass is 32.2. The Morgan fingerprint density at radius 1 is 1.12 bits per heavy atom. The third-order valence-corrected chi connectivity index (χ3v) is 6.85. The Hall–Kier alpha value is -1.87. The van der Waals surface area contributed by atoms with Crippen molar-refractivity contribution in [2.75, 3.05) is 22.6 Å². The van der Waals surface area contributed by atoms with Crippen molar-refractivity contribution in [1.82, 2.24) is 14.8 Å². The maximum Gasteiger partial charge on any atom is 0.270 e. The van der Waals surface area contributed by atoms with Gasteiger partial charge in [0.2, 0.25) is 5.91 Å². The number of carbonyl (C=O) groups excluding carboxylic acids is 1. The number of nitrogens with zero attached hydrogens (tertiary/aromatic N) is 1. The number of thioether (sulfide) groups is 2. The van der Waals surface area contributed by atoms with E-state index in [1.165, 1.54) is 11.8 Å². The van der Waals surface area contributed by atoms with E-state index in [0.717, 1.165) is 24.3 Å². The molecule has 1 amide bonds. The Kier molecular flexibility index (Phi) is 4.51. The number of nitrogens with one attached hydrogen (secondary N) is 3. The first-order valence-electron chi connectivity index (χ1n) is 8.16. The van der Waals surface area contributed by atoms with Crippen LogP contribution in [0.25, 0.3) is 0 Å². The lowest BCUT2D eigenvalue weighted by molar-refractivity contribution is -0.113. The van der Waals surface area contributed by atoms with Crippen molar-refractivity contribution in [3.8, 4) is 0 Å². The molecule has 0 aliphatic carbocycles. The molecule has 25 heavy (non-hydrogen) atoms. The number of H-pyrrole nitrogens is 2. The SMILES string of the molecule is O=C1CS[C@@H](c2ccc[nH]c2=O)c2c(n(C3CCSCC3)[nH]c2=O)N1.